The maximum Gasteiger partial charge on any atom is 0.254 e. The van der Waals surface area contributed by atoms with Crippen LogP contribution in [0.15, 0.2) is 42.7 Å². The summed E-state index contributed by atoms with van der Waals surface area (Å²) in [5.74, 6) is -0.831. The molecule has 1 saturated heterocycles. The van der Waals surface area contributed by atoms with E-state index in [2.05, 4.69) is 15.3 Å². The summed E-state index contributed by atoms with van der Waals surface area (Å²) in [5.41, 5.74) is -0.0630. The van der Waals surface area contributed by atoms with Crippen LogP contribution in [0.1, 0.15) is 24.2 Å². The van der Waals surface area contributed by atoms with Crippen LogP contribution >= 0.6 is 0 Å². The zero-order valence-corrected chi connectivity index (χ0v) is 16.0. The van der Waals surface area contributed by atoms with Gasteiger partial charge in [-0.25, -0.2) is 14.4 Å². The zero-order chi connectivity index (χ0) is 20.1. The van der Waals surface area contributed by atoms with E-state index < -0.39 is 17.8 Å². The Morgan fingerprint density at radius 3 is 2.29 bits per heavy atom. The van der Waals surface area contributed by atoms with Gasteiger partial charge in [0.15, 0.2) is 0 Å². The Kier molecular flexibility index (Phi) is 6.18. The predicted molar refractivity (Wildman–Crippen MR) is 103 cm³/mol. The minimum Gasteiger partial charge on any atom is -0.340 e. The van der Waals surface area contributed by atoms with Crippen LogP contribution < -0.4 is 10.2 Å². The monoisotopic (exact) mass is 385 g/mol. The van der Waals surface area contributed by atoms with Crippen LogP contribution in [0.25, 0.3) is 0 Å². The summed E-state index contributed by atoms with van der Waals surface area (Å²) in [6, 6.07) is 6.79. The van der Waals surface area contributed by atoms with Gasteiger partial charge in [-0.1, -0.05) is 26.0 Å². The van der Waals surface area contributed by atoms with Gasteiger partial charge in [-0.15, -0.1) is 0 Å². The Balaban J connectivity index is 1.64. The van der Waals surface area contributed by atoms with E-state index in [-0.39, 0.29) is 17.4 Å². The molecule has 1 fully saturated rings. The summed E-state index contributed by atoms with van der Waals surface area (Å²) < 4.78 is 13.9. The highest BCUT2D eigenvalue weighted by Gasteiger charge is 2.31. The zero-order valence-electron chi connectivity index (χ0n) is 16.0. The van der Waals surface area contributed by atoms with Crippen molar-refractivity contribution in [1.82, 2.24) is 20.2 Å². The summed E-state index contributed by atoms with van der Waals surface area (Å²) in [7, 11) is 0. The SMILES string of the molecule is CC(C)C(NC(=O)c1ccccc1F)C(=O)N1CCN(c2ncccn2)CC1. The Labute approximate surface area is 163 Å². The summed E-state index contributed by atoms with van der Waals surface area (Å²) in [5, 5.41) is 2.71. The Morgan fingerprint density at radius 1 is 1.04 bits per heavy atom. The number of carbonyl (C=O) groups is 2. The number of nitrogens with zero attached hydrogens (tertiary/aromatic N) is 4. The molecule has 1 aliphatic rings. The minimum atomic E-state index is -0.716. The number of halogens is 1. The van der Waals surface area contributed by atoms with Gasteiger partial charge < -0.3 is 15.1 Å². The van der Waals surface area contributed by atoms with Gasteiger partial charge in [-0.3, -0.25) is 9.59 Å². The first-order valence-electron chi connectivity index (χ1n) is 9.33. The van der Waals surface area contributed by atoms with Gasteiger partial charge in [0, 0.05) is 38.6 Å². The van der Waals surface area contributed by atoms with E-state index in [0.29, 0.717) is 32.1 Å². The molecule has 8 heteroatoms. The standard InChI is InChI=1S/C20H24FN5O2/c1-14(2)17(24-18(27)15-6-3-4-7-16(15)21)19(28)25-10-12-26(13-11-25)20-22-8-5-9-23-20/h3-9,14,17H,10-13H2,1-2H3,(H,24,27). The number of amides is 2. The maximum absolute atomic E-state index is 13.9. The van der Waals surface area contributed by atoms with Crippen molar-refractivity contribution in [1.29, 1.82) is 0 Å². The molecule has 0 aliphatic carbocycles. The van der Waals surface area contributed by atoms with Crippen LogP contribution in [0.3, 0.4) is 0 Å². The lowest BCUT2D eigenvalue weighted by Gasteiger charge is -2.37. The van der Waals surface area contributed by atoms with Crippen LogP contribution in [-0.2, 0) is 4.79 Å². The van der Waals surface area contributed by atoms with Crippen molar-refractivity contribution in [2.75, 3.05) is 31.1 Å². The average molecular weight is 385 g/mol. The van der Waals surface area contributed by atoms with Crippen LogP contribution in [-0.4, -0.2) is 58.9 Å². The Bertz CT molecular complexity index is 822. The maximum atomic E-state index is 13.9. The first kappa shape index (κ1) is 19.7. The van der Waals surface area contributed by atoms with Crippen LogP contribution in [0.4, 0.5) is 10.3 Å². The first-order chi connectivity index (χ1) is 13.5. The number of hydrogen-bond acceptors (Lipinski definition) is 5. The molecule has 1 N–H and O–H groups in total. The number of anilines is 1. The number of benzene rings is 1. The van der Waals surface area contributed by atoms with Gasteiger partial charge in [0.05, 0.1) is 5.56 Å². The molecule has 0 spiro atoms. The Morgan fingerprint density at radius 2 is 1.68 bits per heavy atom. The highest BCUT2D eigenvalue weighted by atomic mass is 19.1. The van der Waals surface area contributed by atoms with E-state index in [1.807, 2.05) is 18.7 Å². The fourth-order valence-electron chi connectivity index (χ4n) is 3.16. The van der Waals surface area contributed by atoms with Crippen LogP contribution in [0, 0.1) is 11.7 Å². The van der Waals surface area contributed by atoms with Crippen molar-refractivity contribution >= 4 is 17.8 Å². The number of hydrogen-bond donors (Lipinski definition) is 1. The molecule has 1 aliphatic heterocycles. The van der Waals surface area contributed by atoms with Crippen molar-refractivity contribution in [3.63, 3.8) is 0 Å². The fourth-order valence-corrected chi connectivity index (χ4v) is 3.16. The molecule has 1 aromatic heterocycles. The summed E-state index contributed by atoms with van der Waals surface area (Å²) in [4.78, 5) is 37.7. The van der Waals surface area contributed by atoms with Crippen LogP contribution in [0.2, 0.25) is 0 Å². The highest BCUT2D eigenvalue weighted by Crippen LogP contribution is 2.14. The van der Waals surface area contributed by atoms with E-state index in [1.165, 1.54) is 18.2 Å². The number of carbonyl (C=O) groups excluding carboxylic acids is 2. The van der Waals surface area contributed by atoms with Crippen molar-refractivity contribution in [3.8, 4) is 0 Å². The van der Waals surface area contributed by atoms with E-state index in [4.69, 9.17) is 0 Å². The highest BCUT2D eigenvalue weighted by molar-refractivity contribution is 5.97. The average Bonchev–Trinajstić information content (AvgIpc) is 2.72. The fraction of sp³-hybridized carbons (Fsp3) is 0.400. The molecule has 28 heavy (non-hydrogen) atoms. The quantitative estimate of drug-likeness (QED) is 0.848. The molecule has 0 saturated carbocycles. The molecular formula is C20H24FN5O2. The second kappa shape index (κ2) is 8.77. The normalized spacial score (nSPS) is 15.4. The molecule has 0 bridgehead atoms. The second-order valence-electron chi connectivity index (χ2n) is 7.04. The molecule has 2 amide bonds. The molecule has 1 aromatic carbocycles. The number of aromatic nitrogens is 2. The number of piperazine rings is 1. The number of nitrogens with one attached hydrogen (secondary N) is 1. The molecule has 3 rings (SSSR count). The van der Waals surface area contributed by atoms with Gasteiger partial charge >= 0.3 is 0 Å². The van der Waals surface area contributed by atoms with Crippen molar-refractivity contribution in [3.05, 3.63) is 54.1 Å². The van der Waals surface area contributed by atoms with Gasteiger partial charge in [0.2, 0.25) is 11.9 Å². The predicted octanol–water partition coefficient (Wildman–Crippen LogP) is 1.72. The summed E-state index contributed by atoms with van der Waals surface area (Å²) in [6.45, 7) is 5.96. The van der Waals surface area contributed by atoms with E-state index in [9.17, 15) is 14.0 Å². The third-order valence-electron chi connectivity index (χ3n) is 4.76. The second-order valence-corrected chi connectivity index (χ2v) is 7.04. The van der Waals surface area contributed by atoms with E-state index in [0.717, 1.165) is 0 Å². The molecular weight excluding hydrogens is 361 g/mol. The Hall–Kier alpha value is -3.03. The third-order valence-corrected chi connectivity index (χ3v) is 4.76. The van der Waals surface area contributed by atoms with Crippen molar-refractivity contribution in [2.45, 2.75) is 19.9 Å². The smallest absolute Gasteiger partial charge is 0.254 e. The van der Waals surface area contributed by atoms with Gasteiger partial charge in [0.25, 0.3) is 5.91 Å². The molecule has 0 radical (unpaired) electrons. The van der Waals surface area contributed by atoms with Gasteiger partial charge in [0.1, 0.15) is 11.9 Å². The molecule has 7 nitrogen and oxygen atoms in total. The van der Waals surface area contributed by atoms with Gasteiger partial charge in [-0.05, 0) is 24.1 Å². The summed E-state index contributed by atoms with van der Waals surface area (Å²) >= 11 is 0. The summed E-state index contributed by atoms with van der Waals surface area (Å²) in [6.07, 6.45) is 3.37. The molecule has 1 atom stereocenters. The van der Waals surface area contributed by atoms with Crippen molar-refractivity contribution < 1.29 is 14.0 Å². The van der Waals surface area contributed by atoms with Crippen molar-refractivity contribution in [2.24, 2.45) is 5.92 Å². The molecule has 2 aromatic rings. The lowest BCUT2D eigenvalue weighted by molar-refractivity contribution is -0.134. The minimum absolute atomic E-state index is 0.0630. The lowest BCUT2D eigenvalue weighted by Crippen LogP contribution is -2.56. The molecule has 2 heterocycles. The largest absolute Gasteiger partial charge is 0.340 e. The van der Waals surface area contributed by atoms with E-state index in [1.54, 1.807) is 29.4 Å². The van der Waals surface area contributed by atoms with Gasteiger partial charge in [-0.2, -0.15) is 0 Å². The third kappa shape index (κ3) is 4.44. The first-order valence-corrected chi connectivity index (χ1v) is 9.33. The number of rotatable bonds is 5. The lowest BCUT2D eigenvalue weighted by atomic mass is 10.0. The molecule has 1 unspecified atom stereocenters. The topological polar surface area (TPSA) is 78.4 Å². The molecule has 148 valence electrons. The van der Waals surface area contributed by atoms with Crippen LogP contribution in [0.5, 0.6) is 0 Å². The van der Waals surface area contributed by atoms with E-state index >= 15 is 0 Å².